The van der Waals surface area contributed by atoms with Gasteiger partial charge in [-0.1, -0.05) is 13.8 Å². The number of hydrogen-bond donors (Lipinski definition) is 2. The van der Waals surface area contributed by atoms with Gasteiger partial charge in [0.1, 0.15) is 9.84 Å². The molecule has 0 amide bonds. The molecule has 7 nitrogen and oxygen atoms in total. The third-order valence-electron chi connectivity index (χ3n) is 3.97. The average Bonchev–Trinajstić information content (AvgIpc) is 2.49. The smallest absolute Gasteiger partial charge is 0.191 e. The SMILES string of the molecule is CN=C(NCCCS(C)(=O)=O)NCC(C(C)C)N1CCOCC1.I. The van der Waals surface area contributed by atoms with Crippen molar-refractivity contribution < 1.29 is 13.2 Å². The van der Waals surface area contributed by atoms with Crippen molar-refractivity contribution in [3.8, 4) is 0 Å². The maximum Gasteiger partial charge on any atom is 0.191 e. The Bertz CT molecular complexity index is 465. The molecular weight excluding hydrogens is 443 g/mol. The Balaban J connectivity index is 0.00000529. The molecule has 1 rings (SSSR count). The van der Waals surface area contributed by atoms with Crippen molar-refractivity contribution in [2.45, 2.75) is 26.3 Å². The van der Waals surface area contributed by atoms with Gasteiger partial charge in [-0.15, -0.1) is 24.0 Å². The summed E-state index contributed by atoms with van der Waals surface area (Å²) in [6.07, 6.45) is 1.84. The van der Waals surface area contributed by atoms with Gasteiger partial charge in [-0.2, -0.15) is 0 Å². The Morgan fingerprint density at radius 1 is 1.25 bits per heavy atom. The van der Waals surface area contributed by atoms with Crippen LogP contribution in [0, 0.1) is 5.92 Å². The molecule has 0 spiro atoms. The van der Waals surface area contributed by atoms with Crippen molar-refractivity contribution in [1.29, 1.82) is 0 Å². The third kappa shape index (κ3) is 10.00. The van der Waals surface area contributed by atoms with Crippen LogP contribution in [0.15, 0.2) is 4.99 Å². The van der Waals surface area contributed by atoms with Crippen molar-refractivity contribution in [2.24, 2.45) is 10.9 Å². The van der Waals surface area contributed by atoms with Gasteiger partial charge in [0.2, 0.25) is 0 Å². The van der Waals surface area contributed by atoms with Crippen LogP contribution in [-0.2, 0) is 14.6 Å². The Hall–Kier alpha value is -0.130. The third-order valence-corrected chi connectivity index (χ3v) is 5.00. The molecule has 1 aliphatic heterocycles. The summed E-state index contributed by atoms with van der Waals surface area (Å²) in [6.45, 7) is 9.37. The van der Waals surface area contributed by atoms with Crippen molar-refractivity contribution in [3.05, 3.63) is 0 Å². The Labute approximate surface area is 163 Å². The molecule has 1 unspecified atom stereocenters. The second-order valence-electron chi connectivity index (χ2n) is 6.32. The highest BCUT2D eigenvalue weighted by molar-refractivity contribution is 14.0. The zero-order valence-electron chi connectivity index (χ0n) is 15.2. The number of nitrogens with zero attached hydrogens (tertiary/aromatic N) is 2. The van der Waals surface area contributed by atoms with E-state index in [2.05, 4.69) is 34.4 Å². The normalized spacial score (nSPS) is 18.1. The fourth-order valence-electron chi connectivity index (χ4n) is 2.66. The van der Waals surface area contributed by atoms with E-state index in [1.807, 2.05) is 0 Å². The predicted molar refractivity (Wildman–Crippen MR) is 110 cm³/mol. The summed E-state index contributed by atoms with van der Waals surface area (Å²) in [6, 6.07) is 0.425. The molecule has 0 bridgehead atoms. The molecule has 1 fully saturated rings. The average molecular weight is 476 g/mol. The Morgan fingerprint density at radius 2 is 1.88 bits per heavy atom. The van der Waals surface area contributed by atoms with Crippen LogP contribution < -0.4 is 10.6 Å². The van der Waals surface area contributed by atoms with Gasteiger partial charge in [0.05, 0.1) is 19.0 Å². The number of rotatable bonds is 8. The summed E-state index contributed by atoms with van der Waals surface area (Å²) in [5, 5.41) is 6.52. The Kier molecular flexibility index (Phi) is 12.2. The predicted octanol–water partition coefficient (Wildman–Crippen LogP) is 0.561. The minimum Gasteiger partial charge on any atom is -0.379 e. The van der Waals surface area contributed by atoms with Crippen LogP contribution in [-0.4, -0.2) is 83.8 Å². The van der Waals surface area contributed by atoms with Crippen molar-refractivity contribution in [3.63, 3.8) is 0 Å². The highest BCUT2D eigenvalue weighted by Crippen LogP contribution is 2.12. The summed E-state index contributed by atoms with van der Waals surface area (Å²) in [4.78, 5) is 6.66. The van der Waals surface area contributed by atoms with E-state index in [9.17, 15) is 8.42 Å². The molecule has 1 heterocycles. The summed E-state index contributed by atoms with van der Waals surface area (Å²) in [5.74, 6) is 1.45. The molecule has 2 N–H and O–H groups in total. The largest absolute Gasteiger partial charge is 0.379 e. The lowest BCUT2D eigenvalue weighted by Gasteiger charge is -2.37. The number of ether oxygens (including phenoxy) is 1. The van der Waals surface area contributed by atoms with Crippen molar-refractivity contribution in [2.75, 3.05) is 58.4 Å². The van der Waals surface area contributed by atoms with Crippen LogP contribution in [0.4, 0.5) is 0 Å². The van der Waals surface area contributed by atoms with Gasteiger partial charge in [-0.05, 0) is 12.3 Å². The number of hydrogen-bond acceptors (Lipinski definition) is 5. The molecule has 0 radical (unpaired) electrons. The molecule has 0 saturated carbocycles. The molecule has 0 aliphatic carbocycles. The lowest BCUT2D eigenvalue weighted by Crippen LogP contribution is -2.52. The summed E-state index contributed by atoms with van der Waals surface area (Å²) < 4.78 is 27.7. The molecule has 144 valence electrons. The number of nitrogens with one attached hydrogen (secondary N) is 2. The monoisotopic (exact) mass is 476 g/mol. The lowest BCUT2D eigenvalue weighted by atomic mass is 10.0. The first-order valence-electron chi connectivity index (χ1n) is 8.27. The van der Waals surface area contributed by atoms with Crippen molar-refractivity contribution >= 4 is 39.8 Å². The minimum absolute atomic E-state index is 0. The molecule has 9 heteroatoms. The molecule has 24 heavy (non-hydrogen) atoms. The quantitative estimate of drug-likeness (QED) is 0.231. The number of guanidine groups is 1. The topological polar surface area (TPSA) is 83.0 Å². The Morgan fingerprint density at radius 3 is 2.38 bits per heavy atom. The molecule has 0 aromatic rings. The standard InChI is InChI=1S/C15H32N4O3S.HI/c1-13(2)14(19-7-9-22-10-8-19)12-18-15(16-3)17-6-5-11-23(4,20)21;/h13-14H,5-12H2,1-4H3,(H2,16,17,18);1H. The summed E-state index contributed by atoms with van der Waals surface area (Å²) >= 11 is 0. The van der Waals surface area contributed by atoms with Gasteiger partial charge in [0, 0.05) is 45.5 Å². The van der Waals surface area contributed by atoms with Gasteiger partial charge in [0.15, 0.2) is 5.96 Å². The number of halogens is 1. The summed E-state index contributed by atoms with van der Waals surface area (Å²) in [5.41, 5.74) is 0. The van der Waals surface area contributed by atoms with Crippen LogP contribution in [0.3, 0.4) is 0 Å². The fraction of sp³-hybridized carbons (Fsp3) is 0.933. The van der Waals surface area contributed by atoms with Gasteiger partial charge >= 0.3 is 0 Å². The molecule has 1 aliphatic rings. The van der Waals surface area contributed by atoms with E-state index in [0.29, 0.717) is 24.9 Å². The van der Waals surface area contributed by atoms with E-state index in [1.54, 1.807) is 7.05 Å². The van der Waals surface area contributed by atoms with E-state index in [0.717, 1.165) is 38.8 Å². The molecule has 1 saturated heterocycles. The van der Waals surface area contributed by atoms with E-state index in [-0.39, 0.29) is 29.7 Å². The molecule has 1 atom stereocenters. The molecule has 0 aromatic heterocycles. The highest BCUT2D eigenvalue weighted by atomic mass is 127. The van der Waals surface area contributed by atoms with Crippen molar-refractivity contribution in [1.82, 2.24) is 15.5 Å². The van der Waals surface area contributed by atoms with Crippen LogP contribution >= 0.6 is 24.0 Å². The van der Waals surface area contributed by atoms with E-state index >= 15 is 0 Å². The molecular formula is C15H33IN4O3S. The zero-order valence-corrected chi connectivity index (χ0v) is 18.4. The first kappa shape index (κ1) is 23.9. The first-order valence-corrected chi connectivity index (χ1v) is 10.3. The van der Waals surface area contributed by atoms with Crippen LogP contribution in [0.25, 0.3) is 0 Å². The van der Waals surface area contributed by atoms with Gasteiger partial charge in [0.25, 0.3) is 0 Å². The van der Waals surface area contributed by atoms with Crippen LogP contribution in [0.2, 0.25) is 0 Å². The van der Waals surface area contributed by atoms with E-state index in [1.165, 1.54) is 6.26 Å². The van der Waals surface area contributed by atoms with Crippen LogP contribution in [0.1, 0.15) is 20.3 Å². The summed E-state index contributed by atoms with van der Waals surface area (Å²) in [7, 11) is -1.17. The van der Waals surface area contributed by atoms with E-state index in [4.69, 9.17) is 4.74 Å². The number of aliphatic imine (C=N–C) groups is 1. The first-order chi connectivity index (χ1) is 10.8. The van der Waals surface area contributed by atoms with Crippen LogP contribution in [0.5, 0.6) is 0 Å². The maximum absolute atomic E-state index is 11.1. The highest BCUT2D eigenvalue weighted by Gasteiger charge is 2.23. The maximum atomic E-state index is 11.1. The minimum atomic E-state index is -2.90. The number of morpholine rings is 1. The van der Waals surface area contributed by atoms with Gasteiger partial charge in [-0.3, -0.25) is 9.89 Å². The van der Waals surface area contributed by atoms with E-state index < -0.39 is 9.84 Å². The zero-order chi connectivity index (χ0) is 17.3. The van der Waals surface area contributed by atoms with Gasteiger partial charge in [-0.25, -0.2) is 8.42 Å². The van der Waals surface area contributed by atoms with Gasteiger partial charge < -0.3 is 15.4 Å². The number of sulfone groups is 1. The molecule has 0 aromatic carbocycles. The fourth-order valence-corrected chi connectivity index (χ4v) is 3.33. The second-order valence-corrected chi connectivity index (χ2v) is 8.58. The lowest BCUT2D eigenvalue weighted by molar-refractivity contribution is 0.00752. The second kappa shape index (κ2) is 12.3.